The van der Waals surface area contributed by atoms with Gasteiger partial charge < -0.3 is 32.7 Å². The molecule has 0 radical (unpaired) electrons. The lowest BCUT2D eigenvalue weighted by molar-refractivity contribution is -0.151. The molecule has 0 unspecified atom stereocenters. The van der Waals surface area contributed by atoms with Crippen molar-refractivity contribution < 1.29 is 37.4 Å². The molecule has 0 aromatic heterocycles. The number of esters is 2. The third-order valence-corrected chi connectivity index (χ3v) is 16.4. The molecule has 75 heavy (non-hydrogen) atoms. The monoisotopic (exact) mass is 1070 g/mol. The molecular formula is C65H120NO8P. The van der Waals surface area contributed by atoms with Crippen molar-refractivity contribution in [2.24, 2.45) is 0 Å². The first-order valence-electron chi connectivity index (χ1n) is 32.4. The van der Waals surface area contributed by atoms with E-state index in [9.17, 15) is 9.59 Å². The van der Waals surface area contributed by atoms with Gasteiger partial charge in [0.2, 0.25) is 0 Å². The molecule has 1 fully saturated rings. The molecule has 1 aromatic carbocycles. The zero-order chi connectivity index (χ0) is 53.8. The Bertz CT molecular complexity index is 1270. The summed E-state index contributed by atoms with van der Waals surface area (Å²) in [5, 5.41) is 0. The van der Waals surface area contributed by atoms with Crippen LogP contribution in [0.15, 0.2) is 30.3 Å². The summed E-state index contributed by atoms with van der Waals surface area (Å²) in [7, 11) is -1.41. The van der Waals surface area contributed by atoms with Crippen LogP contribution in [0.25, 0.3) is 0 Å². The molecule has 438 valence electrons. The summed E-state index contributed by atoms with van der Waals surface area (Å²) in [5.74, 6) is -0.00249. The number of piperidine rings is 1. The molecule has 1 saturated heterocycles. The van der Waals surface area contributed by atoms with E-state index < -0.39 is 8.60 Å². The second-order valence-electron chi connectivity index (χ2n) is 22.4. The highest BCUT2D eigenvalue weighted by Gasteiger charge is 2.21. The zero-order valence-corrected chi connectivity index (χ0v) is 50.5. The summed E-state index contributed by atoms with van der Waals surface area (Å²) in [6, 6.07) is 10.5. The average molecular weight is 1070 g/mol. The van der Waals surface area contributed by atoms with Crippen molar-refractivity contribution in [2.45, 2.75) is 329 Å². The average Bonchev–Trinajstić information content (AvgIpc) is 3.42. The van der Waals surface area contributed by atoms with Gasteiger partial charge in [0.05, 0.1) is 32.5 Å². The second kappa shape index (κ2) is 53.1. The van der Waals surface area contributed by atoms with E-state index >= 15 is 0 Å². The van der Waals surface area contributed by atoms with Crippen LogP contribution in [-0.4, -0.2) is 74.6 Å². The topological polar surface area (TPSA) is 92.8 Å². The molecule has 0 aliphatic carbocycles. The van der Waals surface area contributed by atoms with Gasteiger partial charge in [-0.25, -0.2) is 0 Å². The summed E-state index contributed by atoms with van der Waals surface area (Å²) in [4.78, 5) is 28.4. The maximum absolute atomic E-state index is 12.9. The fourth-order valence-electron chi connectivity index (χ4n) is 10.3. The van der Waals surface area contributed by atoms with Gasteiger partial charge in [-0.1, -0.05) is 225 Å². The molecule has 1 aliphatic rings. The third kappa shape index (κ3) is 43.9. The Morgan fingerprint density at radius 3 is 1.20 bits per heavy atom. The molecule has 0 atom stereocenters. The fourth-order valence-corrected chi connectivity index (χ4v) is 11.4. The van der Waals surface area contributed by atoms with Crippen LogP contribution in [0.5, 0.6) is 0 Å². The van der Waals surface area contributed by atoms with Crippen molar-refractivity contribution in [3.05, 3.63) is 35.9 Å². The van der Waals surface area contributed by atoms with E-state index in [0.717, 1.165) is 129 Å². The molecule has 0 bridgehead atoms. The number of hydrogen-bond acceptors (Lipinski definition) is 9. The second-order valence-corrected chi connectivity index (χ2v) is 23.6. The Morgan fingerprint density at radius 2 is 0.800 bits per heavy atom. The van der Waals surface area contributed by atoms with Gasteiger partial charge in [0.1, 0.15) is 12.2 Å². The summed E-state index contributed by atoms with van der Waals surface area (Å²) in [6.07, 6.45) is 49.3. The Labute approximate surface area is 464 Å². The molecule has 1 aromatic rings. The van der Waals surface area contributed by atoms with Gasteiger partial charge in [0, 0.05) is 32.5 Å². The summed E-state index contributed by atoms with van der Waals surface area (Å²) < 4.78 is 37.3. The minimum Gasteiger partial charge on any atom is -0.462 e. The van der Waals surface area contributed by atoms with Crippen LogP contribution in [0, 0.1) is 0 Å². The summed E-state index contributed by atoms with van der Waals surface area (Å²) >= 11 is 0. The quantitative estimate of drug-likeness (QED) is 0.0359. The maximum atomic E-state index is 12.9. The van der Waals surface area contributed by atoms with E-state index in [-0.39, 0.29) is 24.1 Å². The van der Waals surface area contributed by atoms with Crippen LogP contribution in [-0.2, 0) is 44.0 Å². The van der Waals surface area contributed by atoms with E-state index in [2.05, 4.69) is 62.9 Å². The highest BCUT2D eigenvalue weighted by Crippen LogP contribution is 2.40. The highest BCUT2D eigenvalue weighted by molar-refractivity contribution is 7.41. The number of nitrogens with zero attached hydrogens (tertiary/aromatic N) is 1. The summed E-state index contributed by atoms with van der Waals surface area (Å²) in [5.41, 5.74) is 1.24. The van der Waals surface area contributed by atoms with Crippen LogP contribution >= 0.6 is 8.60 Å². The van der Waals surface area contributed by atoms with Crippen molar-refractivity contribution in [3.8, 4) is 0 Å². The van der Waals surface area contributed by atoms with Gasteiger partial charge >= 0.3 is 20.5 Å². The number of likely N-dealkylation sites (tertiary alicyclic amines) is 1. The lowest BCUT2D eigenvalue weighted by atomic mass is 10.0. The van der Waals surface area contributed by atoms with Gasteiger partial charge in [-0.2, -0.15) is 0 Å². The standard InChI is InChI=1S/C65H120NO8P/c1-5-9-13-17-23-34-45-62(46-35-24-18-14-10-6-2)73-64(67)49-38-27-21-29-40-56-70-75(72-58-42-53-66-54-51-61(52-55-66)69-59-60-43-32-31-33-44-60)71-57-41-30-22-28-39-50-65(68)74-63(47-36-25-19-15-11-7-3)48-37-26-20-16-12-8-4/h31-33,43-44,61-63H,5-30,34-42,45-59H2,1-4H3. The Hall–Kier alpha value is -1.61. The Balaban J connectivity index is 1.71. The van der Waals surface area contributed by atoms with Crippen LogP contribution in [0.1, 0.15) is 309 Å². The zero-order valence-electron chi connectivity index (χ0n) is 49.6. The maximum Gasteiger partial charge on any atom is 0.332 e. The summed E-state index contributed by atoms with van der Waals surface area (Å²) in [6.45, 7) is 14.7. The fraction of sp³-hybridized carbons (Fsp3) is 0.877. The number of carbonyl (C=O) groups excluding carboxylic acids is 2. The first-order chi connectivity index (χ1) is 37.0. The molecule has 10 heteroatoms. The Kier molecular flexibility index (Phi) is 49.2. The normalized spacial score (nSPS) is 13.5. The van der Waals surface area contributed by atoms with Crippen molar-refractivity contribution in [1.29, 1.82) is 0 Å². The van der Waals surface area contributed by atoms with Crippen molar-refractivity contribution >= 4 is 20.5 Å². The minimum atomic E-state index is -1.41. The first-order valence-corrected chi connectivity index (χ1v) is 33.5. The lowest BCUT2D eigenvalue weighted by Gasteiger charge is -2.32. The molecule has 9 nitrogen and oxygen atoms in total. The van der Waals surface area contributed by atoms with E-state index in [1.54, 1.807) is 0 Å². The number of unbranched alkanes of at least 4 members (excludes halogenated alkanes) is 28. The first kappa shape index (κ1) is 69.5. The van der Waals surface area contributed by atoms with Crippen LogP contribution < -0.4 is 0 Å². The van der Waals surface area contributed by atoms with Crippen LogP contribution in [0.4, 0.5) is 0 Å². The van der Waals surface area contributed by atoms with Crippen LogP contribution in [0.3, 0.4) is 0 Å². The number of benzene rings is 1. The SMILES string of the molecule is CCCCCCCCC(CCCCCCCC)OC(=O)CCCCCCCOP(OCCCCCCCC(=O)OC(CCCCCCCC)CCCCCCCC)OCCCN1CCC(OCc2ccccc2)CC1. The van der Waals surface area contributed by atoms with E-state index in [0.29, 0.717) is 45.4 Å². The van der Waals surface area contributed by atoms with Gasteiger partial charge in [0.25, 0.3) is 0 Å². The van der Waals surface area contributed by atoms with Gasteiger partial charge in [-0.3, -0.25) is 9.59 Å². The highest BCUT2D eigenvalue weighted by atomic mass is 31.2. The van der Waals surface area contributed by atoms with Gasteiger partial charge in [-0.15, -0.1) is 0 Å². The number of ether oxygens (including phenoxy) is 3. The molecule has 1 aliphatic heterocycles. The van der Waals surface area contributed by atoms with Gasteiger partial charge in [-0.05, 0) is 102 Å². The minimum absolute atomic E-state index is 0.00125. The molecular weight excluding hydrogens is 954 g/mol. The largest absolute Gasteiger partial charge is 0.462 e. The third-order valence-electron chi connectivity index (χ3n) is 15.2. The number of carbonyl (C=O) groups is 2. The molecule has 1 heterocycles. The Morgan fingerprint density at radius 1 is 0.453 bits per heavy atom. The van der Waals surface area contributed by atoms with Crippen molar-refractivity contribution in [2.75, 3.05) is 39.5 Å². The van der Waals surface area contributed by atoms with Crippen molar-refractivity contribution in [3.63, 3.8) is 0 Å². The van der Waals surface area contributed by atoms with Gasteiger partial charge in [0.15, 0.2) is 0 Å². The lowest BCUT2D eigenvalue weighted by Crippen LogP contribution is -2.37. The van der Waals surface area contributed by atoms with E-state index in [4.69, 9.17) is 27.8 Å². The smallest absolute Gasteiger partial charge is 0.332 e. The molecule has 0 N–H and O–H groups in total. The molecule has 0 saturated carbocycles. The number of hydrogen-bond donors (Lipinski definition) is 0. The molecule has 2 rings (SSSR count). The predicted octanol–water partition coefficient (Wildman–Crippen LogP) is 19.8. The number of rotatable bonds is 56. The van der Waals surface area contributed by atoms with Crippen LogP contribution in [0.2, 0.25) is 0 Å². The molecule has 0 amide bonds. The van der Waals surface area contributed by atoms with E-state index in [1.165, 1.54) is 160 Å². The predicted molar refractivity (Wildman–Crippen MR) is 317 cm³/mol. The van der Waals surface area contributed by atoms with E-state index in [1.807, 2.05) is 0 Å². The molecule has 0 spiro atoms. The van der Waals surface area contributed by atoms with Crippen molar-refractivity contribution in [1.82, 2.24) is 4.90 Å².